The number of alkyl halides is 1. The molecule has 58 valence electrons. The van der Waals surface area contributed by atoms with Crippen molar-refractivity contribution in [3.63, 3.8) is 0 Å². The zero-order chi connectivity index (χ0) is 7.90. The van der Waals surface area contributed by atoms with Gasteiger partial charge in [-0.25, -0.2) is 4.39 Å². The van der Waals surface area contributed by atoms with Gasteiger partial charge in [-0.2, -0.15) is 0 Å². The largest absolute Gasteiger partial charge is 0.325 e. The van der Waals surface area contributed by atoms with Crippen molar-refractivity contribution < 1.29 is 4.39 Å². The minimum Gasteiger partial charge on any atom is -0.325 e. The lowest BCUT2D eigenvalue weighted by Crippen LogP contribution is -2.12. The first kappa shape index (κ1) is 6.80. The lowest BCUT2D eigenvalue weighted by molar-refractivity contribution is 0.306. The smallest absolute Gasteiger partial charge is 0.152 e. The van der Waals surface area contributed by atoms with Gasteiger partial charge >= 0.3 is 0 Å². The molecule has 0 bridgehead atoms. The fraction of sp³-hybridized carbons (Fsp3) is 0.333. The van der Waals surface area contributed by atoms with Crippen molar-refractivity contribution in [1.82, 2.24) is 0 Å². The predicted octanol–water partition coefficient (Wildman–Crippen LogP) is 1.58. The van der Waals surface area contributed by atoms with E-state index < -0.39 is 5.67 Å². The maximum Gasteiger partial charge on any atom is 0.152 e. The van der Waals surface area contributed by atoms with Crippen LogP contribution in [0.3, 0.4) is 0 Å². The molecule has 0 aromatic heterocycles. The summed E-state index contributed by atoms with van der Waals surface area (Å²) in [5.41, 5.74) is 4.95. The third kappa shape index (κ3) is 0.942. The molecular formula is C9H10FN. The molecule has 11 heavy (non-hydrogen) atoms. The minimum atomic E-state index is -1.22. The predicted molar refractivity (Wildman–Crippen MR) is 41.8 cm³/mol. The normalized spacial score (nSPS) is 35.3. The van der Waals surface area contributed by atoms with Gasteiger partial charge in [-0.3, -0.25) is 0 Å². The minimum absolute atomic E-state index is 0.287. The summed E-state index contributed by atoms with van der Waals surface area (Å²) in [5.74, 6) is 0. The lowest BCUT2D eigenvalue weighted by atomic mass is 10.1. The lowest BCUT2D eigenvalue weighted by Gasteiger charge is -2.04. The van der Waals surface area contributed by atoms with Crippen LogP contribution < -0.4 is 5.73 Å². The molecule has 0 radical (unpaired) electrons. The molecule has 0 spiro atoms. The highest BCUT2D eigenvalue weighted by atomic mass is 19.1. The first-order valence-corrected chi connectivity index (χ1v) is 3.73. The molecule has 2 rings (SSSR count). The molecule has 0 saturated heterocycles. The standard InChI is InChI=1S/C9H10FN/c10-9(6-8(9)11)7-4-2-1-3-5-7/h1-5,8H,6,11H2/t8-,9-/m1/s1. The van der Waals surface area contributed by atoms with Gasteiger partial charge in [0.25, 0.3) is 0 Å². The van der Waals surface area contributed by atoms with Crippen molar-refractivity contribution in [2.75, 3.05) is 0 Å². The van der Waals surface area contributed by atoms with E-state index in [0.717, 1.165) is 0 Å². The number of halogens is 1. The maximum absolute atomic E-state index is 13.5. The summed E-state index contributed by atoms with van der Waals surface area (Å²) in [6.07, 6.45) is 0.469. The molecule has 2 heteroatoms. The van der Waals surface area contributed by atoms with E-state index in [1.54, 1.807) is 12.1 Å². The molecule has 1 aromatic carbocycles. The summed E-state index contributed by atoms with van der Waals surface area (Å²) in [7, 11) is 0. The van der Waals surface area contributed by atoms with Gasteiger partial charge in [-0.05, 0) is 5.56 Å². The van der Waals surface area contributed by atoms with Crippen LogP contribution in [-0.2, 0) is 5.67 Å². The fourth-order valence-electron chi connectivity index (χ4n) is 1.31. The van der Waals surface area contributed by atoms with Crippen LogP contribution in [0, 0.1) is 0 Å². The van der Waals surface area contributed by atoms with Crippen LogP contribution in [0.5, 0.6) is 0 Å². The topological polar surface area (TPSA) is 26.0 Å². The average Bonchev–Trinajstić information content (AvgIpc) is 2.64. The Bertz CT molecular complexity index is 260. The number of benzene rings is 1. The van der Waals surface area contributed by atoms with Crippen LogP contribution in [0.4, 0.5) is 4.39 Å². The molecule has 0 unspecified atom stereocenters. The molecule has 2 N–H and O–H groups in total. The summed E-state index contributed by atoms with van der Waals surface area (Å²) in [5, 5.41) is 0. The van der Waals surface area contributed by atoms with E-state index in [0.29, 0.717) is 12.0 Å². The highest BCUT2D eigenvalue weighted by Gasteiger charge is 2.54. The molecule has 2 atom stereocenters. The van der Waals surface area contributed by atoms with Crippen molar-refractivity contribution in [2.45, 2.75) is 18.1 Å². The van der Waals surface area contributed by atoms with E-state index in [4.69, 9.17) is 5.73 Å². The second-order valence-corrected chi connectivity index (χ2v) is 3.04. The number of rotatable bonds is 1. The third-order valence-electron chi connectivity index (χ3n) is 2.20. The Balaban J connectivity index is 2.32. The van der Waals surface area contributed by atoms with Crippen molar-refractivity contribution in [2.24, 2.45) is 5.73 Å². The maximum atomic E-state index is 13.5. The number of nitrogens with two attached hydrogens (primary N) is 1. The zero-order valence-electron chi connectivity index (χ0n) is 6.13. The van der Waals surface area contributed by atoms with Crippen LogP contribution in [0.15, 0.2) is 30.3 Å². The second-order valence-electron chi connectivity index (χ2n) is 3.04. The van der Waals surface area contributed by atoms with Gasteiger partial charge in [0.2, 0.25) is 0 Å². The average molecular weight is 151 g/mol. The van der Waals surface area contributed by atoms with Crippen LogP contribution in [0.2, 0.25) is 0 Å². The Labute approximate surface area is 65.0 Å². The highest BCUT2D eigenvalue weighted by Crippen LogP contribution is 2.48. The Hall–Kier alpha value is -0.890. The quantitative estimate of drug-likeness (QED) is 0.648. The van der Waals surface area contributed by atoms with Gasteiger partial charge in [0.15, 0.2) is 5.67 Å². The van der Waals surface area contributed by atoms with Gasteiger partial charge in [-0.15, -0.1) is 0 Å². The number of hydrogen-bond acceptors (Lipinski definition) is 1. The first-order valence-electron chi connectivity index (χ1n) is 3.73. The Kier molecular flexibility index (Phi) is 1.26. The van der Waals surface area contributed by atoms with E-state index in [1.165, 1.54) is 0 Å². The molecule has 1 fully saturated rings. The van der Waals surface area contributed by atoms with Crippen molar-refractivity contribution in [3.05, 3.63) is 35.9 Å². The summed E-state index contributed by atoms with van der Waals surface area (Å²) < 4.78 is 13.5. The van der Waals surface area contributed by atoms with Gasteiger partial charge in [0, 0.05) is 12.5 Å². The van der Waals surface area contributed by atoms with Crippen LogP contribution >= 0.6 is 0 Å². The highest BCUT2D eigenvalue weighted by molar-refractivity contribution is 5.31. The summed E-state index contributed by atoms with van der Waals surface area (Å²) >= 11 is 0. The molecule has 1 aromatic rings. The molecule has 0 aliphatic heterocycles. The fourth-order valence-corrected chi connectivity index (χ4v) is 1.31. The molecule has 0 heterocycles. The van der Waals surface area contributed by atoms with Gasteiger partial charge < -0.3 is 5.73 Å². The Morgan fingerprint density at radius 2 is 1.91 bits per heavy atom. The van der Waals surface area contributed by atoms with E-state index in [2.05, 4.69) is 0 Å². The molecule has 1 saturated carbocycles. The van der Waals surface area contributed by atoms with E-state index >= 15 is 0 Å². The van der Waals surface area contributed by atoms with Crippen molar-refractivity contribution >= 4 is 0 Å². The van der Waals surface area contributed by atoms with E-state index in [1.807, 2.05) is 18.2 Å². The van der Waals surface area contributed by atoms with E-state index in [9.17, 15) is 4.39 Å². The Morgan fingerprint density at radius 3 is 2.36 bits per heavy atom. The molecule has 0 amide bonds. The molecular weight excluding hydrogens is 141 g/mol. The van der Waals surface area contributed by atoms with E-state index in [-0.39, 0.29) is 6.04 Å². The molecule has 1 nitrogen and oxygen atoms in total. The van der Waals surface area contributed by atoms with Gasteiger partial charge in [0.1, 0.15) is 0 Å². The second kappa shape index (κ2) is 2.05. The summed E-state index contributed by atoms with van der Waals surface area (Å²) in [4.78, 5) is 0. The van der Waals surface area contributed by atoms with Gasteiger partial charge in [0.05, 0.1) is 0 Å². The first-order chi connectivity index (χ1) is 5.23. The summed E-state index contributed by atoms with van der Waals surface area (Å²) in [6.45, 7) is 0. The van der Waals surface area contributed by atoms with Crippen molar-refractivity contribution in [3.8, 4) is 0 Å². The monoisotopic (exact) mass is 151 g/mol. The van der Waals surface area contributed by atoms with Crippen LogP contribution in [-0.4, -0.2) is 6.04 Å². The van der Waals surface area contributed by atoms with Crippen LogP contribution in [0.1, 0.15) is 12.0 Å². The van der Waals surface area contributed by atoms with Gasteiger partial charge in [-0.1, -0.05) is 30.3 Å². The van der Waals surface area contributed by atoms with Crippen LogP contribution in [0.25, 0.3) is 0 Å². The summed E-state index contributed by atoms with van der Waals surface area (Å²) in [6, 6.07) is 8.83. The zero-order valence-corrected chi connectivity index (χ0v) is 6.13. The Morgan fingerprint density at radius 1 is 1.36 bits per heavy atom. The molecule has 1 aliphatic rings. The molecule has 1 aliphatic carbocycles. The van der Waals surface area contributed by atoms with Crippen molar-refractivity contribution in [1.29, 1.82) is 0 Å². The third-order valence-corrected chi connectivity index (χ3v) is 2.20. The number of hydrogen-bond donors (Lipinski definition) is 1. The SMILES string of the molecule is N[C@@H]1C[C@@]1(F)c1ccccc1.